The Morgan fingerprint density at radius 1 is 1.40 bits per heavy atom. The predicted octanol–water partition coefficient (Wildman–Crippen LogP) is 3.14. The highest BCUT2D eigenvalue weighted by molar-refractivity contribution is 5.08. The Labute approximate surface area is 63.3 Å². The molecule has 0 aromatic rings. The molecule has 0 aromatic heterocycles. The molecule has 0 saturated heterocycles. The lowest BCUT2D eigenvalue weighted by atomic mass is 9.69. The highest BCUT2D eigenvalue weighted by Gasteiger charge is 2.36. The first kappa shape index (κ1) is 6.45. The van der Waals surface area contributed by atoms with Crippen molar-refractivity contribution in [2.75, 3.05) is 0 Å². The SMILES string of the molecule is CC12CC=CC1CCCC2. The molecule has 0 heteroatoms. The van der Waals surface area contributed by atoms with Gasteiger partial charge in [-0.25, -0.2) is 0 Å². The highest BCUT2D eigenvalue weighted by atomic mass is 14.4. The zero-order valence-electron chi connectivity index (χ0n) is 6.77. The average molecular weight is 136 g/mol. The minimum atomic E-state index is 0.679. The van der Waals surface area contributed by atoms with E-state index < -0.39 is 0 Å². The topological polar surface area (TPSA) is 0 Å². The maximum absolute atomic E-state index is 2.46. The molecule has 1 fully saturated rings. The Balaban J connectivity index is 2.15. The molecular formula is C10H16. The van der Waals surface area contributed by atoms with Crippen LogP contribution in [0, 0.1) is 11.3 Å². The molecule has 0 aliphatic heterocycles. The van der Waals surface area contributed by atoms with Crippen molar-refractivity contribution in [3.8, 4) is 0 Å². The van der Waals surface area contributed by atoms with Crippen LogP contribution < -0.4 is 0 Å². The van der Waals surface area contributed by atoms with Gasteiger partial charge in [-0.1, -0.05) is 31.9 Å². The van der Waals surface area contributed by atoms with Crippen LogP contribution >= 0.6 is 0 Å². The molecule has 0 nitrogen and oxygen atoms in total. The van der Waals surface area contributed by atoms with Crippen molar-refractivity contribution in [3.05, 3.63) is 12.2 Å². The van der Waals surface area contributed by atoms with Gasteiger partial charge < -0.3 is 0 Å². The first-order chi connectivity index (χ1) is 4.81. The van der Waals surface area contributed by atoms with Crippen LogP contribution in [0.15, 0.2) is 12.2 Å². The molecule has 2 rings (SSSR count). The normalized spacial score (nSPS) is 45.5. The summed E-state index contributed by atoms with van der Waals surface area (Å²) in [4.78, 5) is 0. The van der Waals surface area contributed by atoms with E-state index in [4.69, 9.17) is 0 Å². The van der Waals surface area contributed by atoms with E-state index in [1.807, 2.05) is 0 Å². The van der Waals surface area contributed by atoms with Crippen LogP contribution in [0.3, 0.4) is 0 Å². The van der Waals surface area contributed by atoms with Crippen molar-refractivity contribution in [1.82, 2.24) is 0 Å². The molecule has 0 radical (unpaired) electrons. The van der Waals surface area contributed by atoms with Gasteiger partial charge in [0.15, 0.2) is 0 Å². The second-order valence-electron chi connectivity index (χ2n) is 4.14. The van der Waals surface area contributed by atoms with Crippen molar-refractivity contribution in [2.24, 2.45) is 11.3 Å². The second-order valence-corrected chi connectivity index (χ2v) is 4.14. The van der Waals surface area contributed by atoms with E-state index >= 15 is 0 Å². The monoisotopic (exact) mass is 136 g/mol. The van der Waals surface area contributed by atoms with Crippen LogP contribution in [-0.4, -0.2) is 0 Å². The fourth-order valence-electron chi connectivity index (χ4n) is 2.51. The van der Waals surface area contributed by atoms with Gasteiger partial charge in [-0.15, -0.1) is 0 Å². The minimum absolute atomic E-state index is 0.679. The standard InChI is InChI=1S/C10H16/c1-10-7-3-2-5-9(10)6-4-8-10/h4,6,9H,2-3,5,7-8H2,1H3. The van der Waals surface area contributed by atoms with Gasteiger partial charge in [-0.2, -0.15) is 0 Å². The van der Waals surface area contributed by atoms with E-state index in [0.29, 0.717) is 5.41 Å². The van der Waals surface area contributed by atoms with Crippen molar-refractivity contribution < 1.29 is 0 Å². The summed E-state index contributed by atoms with van der Waals surface area (Å²) in [6.07, 6.45) is 12.0. The van der Waals surface area contributed by atoms with Gasteiger partial charge in [0.05, 0.1) is 0 Å². The summed E-state index contributed by atoms with van der Waals surface area (Å²) in [6.45, 7) is 2.46. The second kappa shape index (κ2) is 2.11. The summed E-state index contributed by atoms with van der Waals surface area (Å²) in [5, 5.41) is 0. The van der Waals surface area contributed by atoms with Gasteiger partial charge in [0, 0.05) is 0 Å². The lowest BCUT2D eigenvalue weighted by molar-refractivity contribution is 0.172. The average Bonchev–Trinajstić information content (AvgIpc) is 2.29. The van der Waals surface area contributed by atoms with Gasteiger partial charge in [-0.3, -0.25) is 0 Å². The molecule has 0 bridgehead atoms. The number of allylic oxidation sites excluding steroid dienone is 2. The molecule has 2 atom stereocenters. The Kier molecular flexibility index (Phi) is 1.36. The zero-order valence-corrected chi connectivity index (χ0v) is 6.77. The zero-order chi connectivity index (χ0) is 7.03. The molecule has 0 aromatic carbocycles. The molecule has 0 N–H and O–H groups in total. The molecule has 10 heavy (non-hydrogen) atoms. The summed E-state index contributed by atoms with van der Waals surface area (Å²) < 4.78 is 0. The fourth-order valence-corrected chi connectivity index (χ4v) is 2.51. The fraction of sp³-hybridized carbons (Fsp3) is 0.800. The molecular weight excluding hydrogens is 120 g/mol. The largest absolute Gasteiger partial charge is 0.0877 e. The van der Waals surface area contributed by atoms with Crippen molar-refractivity contribution in [3.63, 3.8) is 0 Å². The van der Waals surface area contributed by atoms with E-state index in [9.17, 15) is 0 Å². The predicted molar refractivity (Wildman–Crippen MR) is 43.8 cm³/mol. The van der Waals surface area contributed by atoms with Crippen LogP contribution in [-0.2, 0) is 0 Å². The molecule has 2 unspecified atom stereocenters. The van der Waals surface area contributed by atoms with Gasteiger partial charge in [0.2, 0.25) is 0 Å². The maximum Gasteiger partial charge on any atom is -0.0177 e. The van der Waals surface area contributed by atoms with Gasteiger partial charge in [0.25, 0.3) is 0 Å². The molecule has 1 saturated carbocycles. The highest BCUT2D eigenvalue weighted by Crippen LogP contribution is 2.48. The number of hydrogen-bond donors (Lipinski definition) is 0. The molecule has 0 heterocycles. The quantitative estimate of drug-likeness (QED) is 0.449. The molecule has 56 valence electrons. The molecule has 0 spiro atoms. The van der Waals surface area contributed by atoms with Gasteiger partial charge in [-0.05, 0) is 30.6 Å². The molecule has 0 amide bonds. The third kappa shape index (κ3) is 0.817. The first-order valence-corrected chi connectivity index (χ1v) is 4.48. The van der Waals surface area contributed by atoms with Crippen molar-refractivity contribution in [1.29, 1.82) is 0 Å². The Hall–Kier alpha value is -0.260. The van der Waals surface area contributed by atoms with E-state index in [0.717, 1.165) is 5.92 Å². The van der Waals surface area contributed by atoms with Crippen LogP contribution in [0.4, 0.5) is 0 Å². The third-order valence-corrected chi connectivity index (χ3v) is 3.36. The summed E-state index contributed by atoms with van der Waals surface area (Å²) >= 11 is 0. The third-order valence-electron chi connectivity index (χ3n) is 3.36. The Morgan fingerprint density at radius 3 is 3.10 bits per heavy atom. The van der Waals surface area contributed by atoms with E-state index in [-0.39, 0.29) is 0 Å². The summed E-state index contributed by atoms with van der Waals surface area (Å²) in [7, 11) is 0. The van der Waals surface area contributed by atoms with Gasteiger partial charge in [0.1, 0.15) is 0 Å². The lowest BCUT2D eigenvalue weighted by Gasteiger charge is -2.35. The summed E-state index contributed by atoms with van der Waals surface area (Å²) in [5.41, 5.74) is 0.679. The lowest BCUT2D eigenvalue weighted by Crippen LogP contribution is -2.25. The van der Waals surface area contributed by atoms with Gasteiger partial charge >= 0.3 is 0 Å². The van der Waals surface area contributed by atoms with Crippen LogP contribution in [0.2, 0.25) is 0 Å². The van der Waals surface area contributed by atoms with Crippen LogP contribution in [0.5, 0.6) is 0 Å². The number of rotatable bonds is 0. The Bertz CT molecular complexity index is 157. The first-order valence-electron chi connectivity index (χ1n) is 4.48. The molecule has 2 aliphatic carbocycles. The van der Waals surface area contributed by atoms with Crippen LogP contribution in [0.1, 0.15) is 39.0 Å². The van der Waals surface area contributed by atoms with E-state index in [2.05, 4.69) is 19.1 Å². The van der Waals surface area contributed by atoms with Crippen molar-refractivity contribution >= 4 is 0 Å². The minimum Gasteiger partial charge on any atom is -0.0877 e. The Morgan fingerprint density at radius 2 is 2.30 bits per heavy atom. The van der Waals surface area contributed by atoms with E-state index in [1.165, 1.54) is 32.1 Å². The summed E-state index contributed by atoms with van der Waals surface area (Å²) in [5.74, 6) is 0.932. The maximum atomic E-state index is 2.46. The smallest absolute Gasteiger partial charge is 0.0177 e. The van der Waals surface area contributed by atoms with Crippen LogP contribution in [0.25, 0.3) is 0 Å². The summed E-state index contributed by atoms with van der Waals surface area (Å²) in [6, 6.07) is 0. The molecule has 2 aliphatic rings. The van der Waals surface area contributed by atoms with Crippen molar-refractivity contribution in [2.45, 2.75) is 39.0 Å². The van der Waals surface area contributed by atoms with E-state index in [1.54, 1.807) is 0 Å². The number of hydrogen-bond acceptors (Lipinski definition) is 0. The number of fused-ring (bicyclic) bond motifs is 1.